The molecule has 0 atom stereocenters. The van der Waals surface area contributed by atoms with Crippen molar-refractivity contribution in [2.45, 2.75) is 0 Å². The van der Waals surface area contributed by atoms with Crippen LogP contribution in [-0.2, 0) is 4.57 Å². The van der Waals surface area contributed by atoms with Crippen molar-refractivity contribution in [3.05, 3.63) is 132 Å². The van der Waals surface area contributed by atoms with E-state index in [0.717, 1.165) is 0 Å². The first kappa shape index (κ1) is 23.3. The van der Waals surface area contributed by atoms with E-state index in [1.54, 1.807) is 55.6 Å². The smallest absolute Gasteiger partial charge is 0.254 e. The molecule has 34 heavy (non-hydrogen) atoms. The molecule has 4 aromatic carbocycles. The minimum absolute atomic E-state index is 0.0288. The fraction of sp³-hybridized carbons (Fsp3) is 0.0714. The van der Waals surface area contributed by atoms with Gasteiger partial charge in [0.15, 0.2) is 12.9 Å². The summed E-state index contributed by atoms with van der Waals surface area (Å²) in [7, 11) is -1.60. The minimum atomic E-state index is -3.18. The van der Waals surface area contributed by atoms with Gasteiger partial charge in [0.05, 0.1) is 11.8 Å². The third-order valence-electron chi connectivity index (χ3n) is 5.61. The summed E-state index contributed by atoms with van der Waals surface area (Å²) in [5, 5.41) is 1.30. The first-order valence-electron chi connectivity index (χ1n) is 10.8. The van der Waals surface area contributed by atoms with Crippen LogP contribution in [0.2, 0.25) is 0 Å². The Hall–Kier alpha value is -3.82. The molecule has 6 heteroatoms. The molecule has 0 radical (unpaired) electrons. The highest BCUT2D eigenvalue weighted by atomic mass is 31.2. The summed E-state index contributed by atoms with van der Waals surface area (Å²) in [4.78, 5) is 28.0. The van der Waals surface area contributed by atoms with Crippen molar-refractivity contribution in [3.63, 3.8) is 0 Å². The average molecular weight is 471 g/mol. The zero-order valence-electron chi connectivity index (χ0n) is 18.6. The van der Waals surface area contributed by atoms with Crippen molar-refractivity contribution in [1.29, 1.82) is 0 Å². The third kappa shape index (κ3) is 4.75. The molecule has 0 spiro atoms. The Bertz CT molecular complexity index is 1310. The largest absolute Gasteiger partial charge is 0.334 e. The lowest BCUT2D eigenvalue weighted by molar-refractivity contribution is 0.0812. The molecule has 4 nitrogen and oxygen atoms in total. The molecule has 0 aliphatic rings. The van der Waals surface area contributed by atoms with Crippen LogP contribution in [0.4, 0.5) is 4.39 Å². The number of halogens is 1. The first-order chi connectivity index (χ1) is 16.4. The lowest BCUT2D eigenvalue weighted by Gasteiger charge is -2.26. The second kappa shape index (κ2) is 9.98. The van der Waals surface area contributed by atoms with Gasteiger partial charge in [0.2, 0.25) is 0 Å². The maximum atomic E-state index is 14.3. The molecular weight excluding hydrogens is 448 g/mol. The molecule has 0 saturated heterocycles. The Kier molecular flexibility index (Phi) is 6.85. The number of nitrogens with zero attached hydrogens (tertiary/aromatic N) is 1. The molecule has 4 rings (SSSR count). The number of carbonyl (C=O) groups excluding carboxylic acids is 2. The summed E-state index contributed by atoms with van der Waals surface area (Å²) in [5.41, 5.74) is 0.691. The number of ketones is 1. The first-order valence-corrected chi connectivity index (χ1v) is 12.6. The van der Waals surface area contributed by atoms with Crippen LogP contribution in [0.25, 0.3) is 0 Å². The third-order valence-corrected chi connectivity index (χ3v) is 8.70. The standard InChI is InChI=1S/C28H23FNO3P/c1-30(20-34(33,23-10-4-2-5-11-23)24-12-6-3-7-13-24)28(32)26-15-9-8-14-25(26)27(31)21-16-18-22(29)19-17-21/h2-19H,20H2,1H3. The van der Waals surface area contributed by atoms with E-state index in [4.69, 9.17) is 0 Å². The summed E-state index contributed by atoms with van der Waals surface area (Å²) in [6.45, 7) is 0. The van der Waals surface area contributed by atoms with Crippen LogP contribution >= 0.6 is 7.14 Å². The highest BCUT2D eigenvalue weighted by Crippen LogP contribution is 2.43. The van der Waals surface area contributed by atoms with Crippen LogP contribution in [0.1, 0.15) is 26.3 Å². The molecule has 0 aliphatic carbocycles. The highest BCUT2D eigenvalue weighted by Gasteiger charge is 2.31. The summed E-state index contributed by atoms with van der Waals surface area (Å²) < 4.78 is 27.6. The molecular formula is C28H23FNO3P. The van der Waals surface area contributed by atoms with E-state index in [9.17, 15) is 18.5 Å². The van der Waals surface area contributed by atoms with Crippen LogP contribution in [0, 0.1) is 5.82 Å². The Morgan fingerprint density at radius 3 is 1.71 bits per heavy atom. The van der Waals surface area contributed by atoms with Crippen molar-refractivity contribution < 1.29 is 18.5 Å². The topological polar surface area (TPSA) is 54.5 Å². The minimum Gasteiger partial charge on any atom is -0.334 e. The van der Waals surface area contributed by atoms with E-state index in [-0.39, 0.29) is 28.8 Å². The van der Waals surface area contributed by atoms with E-state index in [1.165, 1.54) is 29.2 Å². The summed E-state index contributed by atoms with van der Waals surface area (Å²) in [6.07, 6.45) is -0.0288. The molecule has 0 saturated carbocycles. The lowest BCUT2D eigenvalue weighted by atomic mass is 9.97. The van der Waals surface area contributed by atoms with Gasteiger partial charge in [0, 0.05) is 28.8 Å². The maximum Gasteiger partial charge on any atom is 0.254 e. The molecule has 0 fully saturated rings. The highest BCUT2D eigenvalue weighted by molar-refractivity contribution is 7.78. The van der Waals surface area contributed by atoms with Crippen molar-refractivity contribution >= 4 is 29.4 Å². The summed E-state index contributed by atoms with van der Waals surface area (Å²) in [5.74, 6) is -1.25. The molecule has 0 unspecified atom stereocenters. The predicted octanol–water partition coefficient (Wildman–Crippen LogP) is 5.10. The molecule has 0 aromatic heterocycles. The Morgan fingerprint density at radius 1 is 0.706 bits per heavy atom. The number of hydrogen-bond donors (Lipinski definition) is 0. The van der Waals surface area contributed by atoms with Crippen LogP contribution in [0.5, 0.6) is 0 Å². The quantitative estimate of drug-likeness (QED) is 0.278. The second-order valence-electron chi connectivity index (χ2n) is 7.94. The molecule has 1 amide bonds. The zero-order valence-corrected chi connectivity index (χ0v) is 19.5. The van der Waals surface area contributed by atoms with Gasteiger partial charge in [-0.3, -0.25) is 9.59 Å². The zero-order chi connectivity index (χ0) is 24.1. The van der Waals surface area contributed by atoms with E-state index in [0.29, 0.717) is 10.6 Å². The maximum absolute atomic E-state index is 14.3. The van der Waals surface area contributed by atoms with Gasteiger partial charge in [0.25, 0.3) is 5.91 Å². The molecule has 4 aromatic rings. The van der Waals surface area contributed by atoms with Crippen molar-refractivity contribution in [2.24, 2.45) is 0 Å². The van der Waals surface area contributed by atoms with Crippen molar-refractivity contribution in [1.82, 2.24) is 4.90 Å². The van der Waals surface area contributed by atoms with E-state index in [2.05, 4.69) is 0 Å². The number of rotatable bonds is 7. The van der Waals surface area contributed by atoms with Crippen LogP contribution in [0.15, 0.2) is 109 Å². The van der Waals surface area contributed by atoms with Gasteiger partial charge in [-0.2, -0.15) is 0 Å². The summed E-state index contributed by atoms with van der Waals surface area (Å²) >= 11 is 0. The van der Waals surface area contributed by atoms with Crippen LogP contribution in [-0.4, -0.2) is 29.9 Å². The normalized spacial score (nSPS) is 11.1. The van der Waals surface area contributed by atoms with Crippen LogP contribution in [0.3, 0.4) is 0 Å². The molecule has 0 heterocycles. The van der Waals surface area contributed by atoms with Crippen molar-refractivity contribution in [3.8, 4) is 0 Å². The Morgan fingerprint density at radius 2 is 1.18 bits per heavy atom. The average Bonchev–Trinajstić information content (AvgIpc) is 2.89. The van der Waals surface area contributed by atoms with E-state index >= 15 is 0 Å². The fourth-order valence-electron chi connectivity index (χ4n) is 3.84. The predicted molar refractivity (Wildman–Crippen MR) is 133 cm³/mol. The van der Waals surface area contributed by atoms with E-state index in [1.807, 2.05) is 36.4 Å². The fourth-order valence-corrected chi connectivity index (χ4v) is 6.50. The molecule has 0 aliphatic heterocycles. The van der Waals surface area contributed by atoms with Crippen LogP contribution < -0.4 is 10.6 Å². The molecule has 0 N–H and O–H groups in total. The number of carbonyl (C=O) groups is 2. The number of benzene rings is 4. The number of amides is 1. The van der Waals surface area contributed by atoms with Gasteiger partial charge in [-0.1, -0.05) is 78.9 Å². The summed E-state index contributed by atoms with van der Waals surface area (Å²) in [6, 6.07) is 29.9. The Labute approximate surface area is 198 Å². The van der Waals surface area contributed by atoms with Gasteiger partial charge < -0.3 is 9.46 Å². The van der Waals surface area contributed by atoms with E-state index < -0.39 is 18.9 Å². The Balaban J connectivity index is 1.68. The van der Waals surface area contributed by atoms with Gasteiger partial charge >= 0.3 is 0 Å². The molecule has 170 valence electrons. The van der Waals surface area contributed by atoms with Gasteiger partial charge in [-0.15, -0.1) is 0 Å². The second-order valence-corrected chi connectivity index (χ2v) is 10.7. The van der Waals surface area contributed by atoms with Gasteiger partial charge in [0.1, 0.15) is 5.82 Å². The van der Waals surface area contributed by atoms with Crippen molar-refractivity contribution in [2.75, 3.05) is 13.3 Å². The number of hydrogen-bond acceptors (Lipinski definition) is 3. The van der Waals surface area contributed by atoms with Gasteiger partial charge in [-0.05, 0) is 30.3 Å². The monoisotopic (exact) mass is 471 g/mol. The van der Waals surface area contributed by atoms with Gasteiger partial charge in [-0.25, -0.2) is 4.39 Å². The molecule has 0 bridgehead atoms. The lowest BCUT2D eigenvalue weighted by Crippen LogP contribution is -2.33. The SMILES string of the molecule is CN(CP(=O)(c1ccccc1)c1ccccc1)C(=O)c1ccccc1C(=O)c1ccc(F)cc1.